The van der Waals surface area contributed by atoms with Gasteiger partial charge in [0.1, 0.15) is 5.54 Å². The maximum Gasteiger partial charge on any atom is 0.106 e. The minimum Gasteiger partial charge on any atom is -0.299 e. The summed E-state index contributed by atoms with van der Waals surface area (Å²) in [5.74, 6) is 0. The summed E-state index contributed by atoms with van der Waals surface area (Å²) in [4.78, 5) is 0. The van der Waals surface area contributed by atoms with Gasteiger partial charge in [-0.2, -0.15) is 5.26 Å². The van der Waals surface area contributed by atoms with Gasteiger partial charge in [0, 0.05) is 0 Å². The molecule has 1 saturated heterocycles. The highest BCUT2D eigenvalue weighted by Gasteiger charge is 2.31. The maximum atomic E-state index is 8.84. The normalized spacial score (nSPS) is 32.0. The third-order valence-corrected chi connectivity index (χ3v) is 2.13. The zero-order valence-corrected chi connectivity index (χ0v) is 6.48. The van der Waals surface area contributed by atoms with E-state index in [-0.39, 0.29) is 5.54 Å². The highest BCUT2D eigenvalue weighted by molar-refractivity contribution is 5.09. The van der Waals surface area contributed by atoms with Gasteiger partial charge in [-0.05, 0) is 25.8 Å². The van der Waals surface area contributed by atoms with Gasteiger partial charge < -0.3 is 0 Å². The second-order valence-corrected chi connectivity index (χ2v) is 2.97. The smallest absolute Gasteiger partial charge is 0.106 e. The molecule has 2 nitrogen and oxygen atoms in total. The molecule has 56 valence electrons. The number of nitriles is 1. The molecule has 2 heteroatoms. The predicted molar refractivity (Wildman–Crippen MR) is 40.5 cm³/mol. The average molecular weight is 138 g/mol. The first-order chi connectivity index (χ1) is 4.83. The molecule has 1 unspecified atom stereocenters. The summed E-state index contributed by atoms with van der Waals surface area (Å²) < 4.78 is 0. The first-order valence-corrected chi connectivity index (χ1v) is 3.99. The predicted octanol–water partition coefficient (Wildman–Crippen LogP) is 1.43. The fourth-order valence-electron chi connectivity index (χ4n) is 1.60. The molecule has 1 N–H and O–H groups in total. The van der Waals surface area contributed by atoms with E-state index in [0.717, 1.165) is 32.2 Å². The van der Waals surface area contributed by atoms with Gasteiger partial charge in [0.05, 0.1) is 6.07 Å². The Morgan fingerprint density at radius 2 is 2.50 bits per heavy atom. The van der Waals surface area contributed by atoms with Crippen molar-refractivity contribution in [1.29, 1.82) is 5.26 Å². The number of hydrogen-bond donors (Lipinski definition) is 1. The Kier molecular flexibility index (Phi) is 2.29. The van der Waals surface area contributed by atoms with Crippen LogP contribution in [0.2, 0.25) is 0 Å². The Morgan fingerprint density at radius 3 is 2.90 bits per heavy atom. The lowest BCUT2D eigenvalue weighted by Gasteiger charge is -2.19. The van der Waals surface area contributed by atoms with Crippen molar-refractivity contribution in [2.45, 2.75) is 38.1 Å². The lowest BCUT2D eigenvalue weighted by molar-refractivity contribution is 0.442. The standard InChI is InChI=1S/C8H14N2/c1-2-4-8(7-9)5-3-6-10-8/h10H,2-6H2,1H3. The first kappa shape index (κ1) is 7.56. The Balaban J connectivity index is 2.51. The number of rotatable bonds is 2. The molecule has 0 saturated carbocycles. The van der Waals surface area contributed by atoms with Crippen molar-refractivity contribution < 1.29 is 0 Å². The Morgan fingerprint density at radius 1 is 1.70 bits per heavy atom. The second kappa shape index (κ2) is 3.03. The SMILES string of the molecule is CCCC1(C#N)CCCN1. The zero-order chi connectivity index (χ0) is 7.45. The molecule has 0 aromatic heterocycles. The van der Waals surface area contributed by atoms with Gasteiger partial charge in [0.15, 0.2) is 0 Å². The molecule has 1 aliphatic rings. The second-order valence-electron chi connectivity index (χ2n) is 2.97. The van der Waals surface area contributed by atoms with E-state index in [1.54, 1.807) is 0 Å². The third-order valence-electron chi connectivity index (χ3n) is 2.13. The molecular formula is C8H14N2. The molecule has 1 atom stereocenters. The van der Waals surface area contributed by atoms with Crippen LogP contribution in [0.15, 0.2) is 0 Å². The van der Waals surface area contributed by atoms with Gasteiger partial charge >= 0.3 is 0 Å². The zero-order valence-electron chi connectivity index (χ0n) is 6.48. The van der Waals surface area contributed by atoms with Crippen molar-refractivity contribution in [3.8, 4) is 6.07 Å². The van der Waals surface area contributed by atoms with Crippen molar-refractivity contribution in [1.82, 2.24) is 5.32 Å². The quantitative estimate of drug-likeness (QED) is 0.626. The van der Waals surface area contributed by atoms with Crippen molar-refractivity contribution in [2.75, 3.05) is 6.54 Å². The lowest BCUT2D eigenvalue weighted by Crippen LogP contribution is -2.37. The number of hydrogen-bond acceptors (Lipinski definition) is 2. The van der Waals surface area contributed by atoms with Crippen LogP contribution in [0, 0.1) is 11.3 Å². The van der Waals surface area contributed by atoms with Gasteiger partial charge in [-0.3, -0.25) is 5.32 Å². The van der Waals surface area contributed by atoms with Crippen LogP contribution in [-0.2, 0) is 0 Å². The molecule has 10 heavy (non-hydrogen) atoms. The van der Waals surface area contributed by atoms with Crippen molar-refractivity contribution >= 4 is 0 Å². The molecule has 0 aromatic carbocycles. The third kappa shape index (κ3) is 1.30. The van der Waals surface area contributed by atoms with Crippen LogP contribution in [0.4, 0.5) is 0 Å². The van der Waals surface area contributed by atoms with Crippen molar-refractivity contribution in [3.63, 3.8) is 0 Å². The molecule has 0 radical (unpaired) electrons. The molecule has 1 heterocycles. The van der Waals surface area contributed by atoms with Crippen LogP contribution in [0.1, 0.15) is 32.6 Å². The summed E-state index contributed by atoms with van der Waals surface area (Å²) in [6.07, 6.45) is 4.30. The highest BCUT2D eigenvalue weighted by Crippen LogP contribution is 2.23. The fourth-order valence-corrected chi connectivity index (χ4v) is 1.60. The summed E-state index contributed by atoms with van der Waals surface area (Å²) in [5, 5.41) is 12.1. The largest absolute Gasteiger partial charge is 0.299 e. The molecule has 1 aliphatic heterocycles. The molecule has 0 amide bonds. The number of nitrogens with zero attached hydrogens (tertiary/aromatic N) is 1. The van der Waals surface area contributed by atoms with Gasteiger partial charge in [-0.25, -0.2) is 0 Å². The average Bonchev–Trinajstić information content (AvgIpc) is 2.39. The van der Waals surface area contributed by atoms with Crippen LogP contribution in [0.3, 0.4) is 0 Å². The summed E-state index contributed by atoms with van der Waals surface area (Å²) in [7, 11) is 0. The van der Waals surface area contributed by atoms with Crippen LogP contribution >= 0.6 is 0 Å². The summed E-state index contributed by atoms with van der Waals surface area (Å²) in [6, 6.07) is 2.37. The minimum absolute atomic E-state index is 0.158. The summed E-state index contributed by atoms with van der Waals surface area (Å²) in [6.45, 7) is 3.15. The van der Waals surface area contributed by atoms with Crippen LogP contribution in [0.5, 0.6) is 0 Å². The van der Waals surface area contributed by atoms with Crippen molar-refractivity contribution in [3.05, 3.63) is 0 Å². The molecular weight excluding hydrogens is 124 g/mol. The number of nitrogens with one attached hydrogen (secondary N) is 1. The van der Waals surface area contributed by atoms with Crippen LogP contribution < -0.4 is 5.32 Å². The summed E-state index contributed by atoms with van der Waals surface area (Å²) >= 11 is 0. The van der Waals surface area contributed by atoms with Crippen LogP contribution in [-0.4, -0.2) is 12.1 Å². The maximum absolute atomic E-state index is 8.84. The van der Waals surface area contributed by atoms with E-state index in [4.69, 9.17) is 5.26 Å². The van der Waals surface area contributed by atoms with E-state index < -0.39 is 0 Å². The Labute approximate surface area is 62.2 Å². The van der Waals surface area contributed by atoms with Crippen molar-refractivity contribution in [2.24, 2.45) is 0 Å². The Hall–Kier alpha value is -0.550. The minimum atomic E-state index is -0.158. The van der Waals surface area contributed by atoms with Gasteiger partial charge in [0.25, 0.3) is 0 Å². The monoisotopic (exact) mass is 138 g/mol. The molecule has 0 aliphatic carbocycles. The molecule has 0 bridgehead atoms. The van der Waals surface area contributed by atoms with Gasteiger partial charge in [-0.1, -0.05) is 13.3 Å². The summed E-state index contributed by atoms with van der Waals surface area (Å²) in [5.41, 5.74) is -0.158. The first-order valence-electron chi connectivity index (χ1n) is 3.99. The molecule has 0 aromatic rings. The van der Waals surface area contributed by atoms with E-state index in [1.807, 2.05) is 0 Å². The fraction of sp³-hybridized carbons (Fsp3) is 0.875. The van der Waals surface area contributed by atoms with E-state index in [0.29, 0.717) is 0 Å². The van der Waals surface area contributed by atoms with Gasteiger partial charge in [-0.15, -0.1) is 0 Å². The lowest BCUT2D eigenvalue weighted by atomic mass is 9.94. The van der Waals surface area contributed by atoms with E-state index in [2.05, 4.69) is 18.3 Å². The topological polar surface area (TPSA) is 35.8 Å². The van der Waals surface area contributed by atoms with E-state index in [1.165, 1.54) is 0 Å². The Bertz CT molecular complexity index is 140. The molecule has 0 spiro atoms. The molecule has 1 rings (SSSR count). The van der Waals surface area contributed by atoms with Crippen LogP contribution in [0.25, 0.3) is 0 Å². The highest BCUT2D eigenvalue weighted by atomic mass is 15.0. The van der Waals surface area contributed by atoms with E-state index >= 15 is 0 Å². The molecule has 1 fully saturated rings. The van der Waals surface area contributed by atoms with Gasteiger partial charge in [0.2, 0.25) is 0 Å². The van der Waals surface area contributed by atoms with E-state index in [9.17, 15) is 0 Å².